The number of hydrogen-bond donors (Lipinski definition) is 1. The smallest absolute Gasteiger partial charge is 0.131 e. The zero-order valence-corrected chi connectivity index (χ0v) is 11.2. The van der Waals surface area contributed by atoms with Crippen molar-refractivity contribution in [2.24, 2.45) is 0 Å². The number of hydrogen-bond acceptors (Lipinski definition) is 3. The molecular weight excluding hydrogens is 210 g/mol. The van der Waals surface area contributed by atoms with Gasteiger partial charge < -0.3 is 5.32 Å². The number of aryl methyl sites for hydroxylation is 1. The predicted octanol–water partition coefficient (Wildman–Crippen LogP) is 2.59. The molecule has 1 aromatic rings. The number of fused-ring (bicyclic) bond motifs is 1. The first-order valence-corrected chi connectivity index (χ1v) is 6.85. The van der Waals surface area contributed by atoms with Gasteiger partial charge in [-0.25, -0.2) is 9.97 Å². The van der Waals surface area contributed by atoms with Gasteiger partial charge in [0.05, 0.1) is 5.69 Å². The van der Waals surface area contributed by atoms with E-state index in [9.17, 15) is 0 Å². The first-order valence-electron chi connectivity index (χ1n) is 6.85. The third-order valence-electron chi connectivity index (χ3n) is 3.58. The van der Waals surface area contributed by atoms with Gasteiger partial charge in [-0.05, 0) is 31.4 Å². The molecule has 94 valence electrons. The maximum Gasteiger partial charge on any atom is 0.131 e. The molecule has 17 heavy (non-hydrogen) atoms. The van der Waals surface area contributed by atoms with Gasteiger partial charge in [-0.2, -0.15) is 0 Å². The van der Waals surface area contributed by atoms with Crippen molar-refractivity contribution in [1.82, 2.24) is 15.3 Å². The van der Waals surface area contributed by atoms with Crippen LogP contribution in [-0.2, 0) is 19.4 Å². The van der Waals surface area contributed by atoms with Gasteiger partial charge in [0, 0.05) is 18.2 Å². The van der Waals surface area contributed by atoms with Crippen molar-refractivity contribution in [3.8, 4) is 0 Å². The zero-order chi connectivity index (χ0) is 12.3. The fourth-order valence-electron chi connectivity index (χ4n) is 2.30. The molecule has 0 spiro atoms. The van der Waals surface area contributed by atoms with E-state index in [0.29, 0.717) is 5.92 Å². The van der Waals surface area contributed by atoms with Gasteiger partial charge in [0.2, 0.25) is 0 Å². The normalized spacial score (nSPS) is 16.6. The first-order chi connectivity index (χ1) is 8.26. The van der Waals surface area contributed by atoms with Crippen molar-refractivity contribution in [2.75, 3.05) is 6.54 Å². The molecule has 2 rings (SSSR count). The SMILES string of the molecule is CCCc1nc(C(C)CC)nc2c1CCNC2. The van der Waals surface area contributed by atoms with Crippen molar-refractivity contribution < 1.29 is 0 Å². The lowest BCUT2D eigenvalue weighted by Crippen LogP contribution is -2.27. The van der Waals surface area contributed by atoms with Crippen molar-refractivity contribution in [1.29, 1.82) is 0 Å². The number of aromatic nitrogens is 2. The monoisotopic (exact) mass is 233 g/mol. The van der Waals surface area contributed by atoms with Gasteiger partial charge >= 0.3 is 0 Å². The molecule has 1 unspecified atom stereocenters. The molecule has 0 saturated heterocycles. The van der Waals surface area contributed by atoms with Crippen LogP contribution in [-0.4, -0.2) is 16.5 Å². The lowest BCUT2D eigenvalue weighted by Gasteiger charge is -2.21. The van der Waals surface area contributed by atoms with Crippen LogP contribution in [0.5, 0.6) is 0 Å². The molecule has 0 saturated carbocycles. The Morgan fingerprint density at radius 2 is 2.12 bits per heavy atom. The summed E-state index contributed by atoms with van der Waals surface area (Å²) in [5.41, 5.74) is 3.96. The molecule has 1 atom stereocenters. The Kier molecular flexibility index (Phi) is 4.11. The van der Waals surface area contributed by atoms with E-state index in [4.69, 9.17) is 9.97 Å². The minimum absolute atomic E-state index is 0.470. The van der Waals surface area contributed by atoms with Crippen LogP contribution in [0.4, 0.5) is 0 Å². The van der Waals surface area contributed by atoms with Crippen LogP contribution in [0, 0.1) is 0 Å². The summed E-state index contributed by atoms with van der Waals surface area (Å²) in [5.74, 6) is 1.51. The molecule has 1 aromatic heterocycles. The van der Waals surface area contributed by atoms with Crippen LogP contribution in [0.15, 0.2) is 0 Å². The molecule has 0 amide bonds. The molecule has 1 aliphatic rings. The third-order valence-corrected chi connectivity index (χ3v) is 3.58. The Balaban J connectivity index is 2.40. The number of nitrogens with one attached hydrogen (secondary N) is 1. The van der Waals surface area contributed by atoms with E-state index in [2.05, 4.69) is 26.1 Å². The van der Waals surface area contributed by atoms with Crippen LogP contribution >= 0.6 is 0 Å². The van der Waals surface area contributed by atoms with E-state index in [1.54, 1.807) is 0 Å². The van der Waals surface area contributed by atoms with Crippen LogP contribution < -0.4 is 5.32 Å². The van der Waals surface area contributed by atoms with Gasteiger partial charge in [0.25, 0.3) is 0 Å². The molecule has 0 bridgehead atoms. The molecule has 1 N–H and O–H groups in total. The molecule has 1 aliphatic heterocycles. The second-order valence-electron chi connectivity index (χ2n) is 4.94. The average Bonchev–Trinajstić information content (AvgIpc) is 2.38. The van der Waals surface area contributed by atoms with E-state index in [1.807, 2.05) is 0 Å². The lowest BCUT2D eigenvalue weighted by molar-refractivity contribution is 0.587. The maximum absolute atomic E-state index is 4.81. The molecule has 0 aliphatic carbocycles. The van der Waals surface area contributed by atoms with E-state index in [0.717, 1.165) is 44.6 Å². The van der Waals surface area contributed by atoms with Crippen LogP contribution in [0.3, 0.4) is 0 Å². The molecule has 0 fully saturated rings. The van der Waals surface area contributed by atoms with E-state index in [-0.39, 0.29) is 0 Å². The fraction of sp³-hybridized carbons (Fsp3) is 0.714. The molecule has 0 radical (unpaired) electrons. The highest BCUT2D eigenvalue weighted by molar-refractivity contribution is 5.29. The predicted molar refractivity (Wildman–Crippen MR) is 70.1 cm³/mol. The summed E-state index contributed by atoms with van der Waals surface area (Å²) in [5, 5.41) is 3.40. The Hall–Kier alpha value is -0.960. The van der Waals surface area contributed by atoms with Gasteiger partial charge in [-0.1, -0.05) is 27.2 Å². The summed E-state index contributed by atoms with van der Waals surface area (Å²) >= 11 is 0. The summed E-state index contributed by atoms with van der Waals surface area (Å²) < 4.78 is 0. The van der Waals surface area contributed by atoms with Crippen LogP contribution in [0.25, 0.3) is 0 Å². The maximum atomic E-state index is 4.81. The Morgan fingerprint density at radius 3 is 2.82 bits per heavy atom. The highest BCUT2D eigenvalue weighted by Gasteiger charge is 2.18. The van der Waals surface area contributed by atoms with Gasteiger partial charge in [-0.15, -0.1) is 0 Å². The Morgan fingerprint density at radius 1 is 1.29 bits per heavy atom. The van der Waals surface area contributed by atoms with Crippen molar-refractivity contribution >= 4 is 0 Å². The molecule has 3 heteroatoms. The second-order valence-corrected chi connectivity index (χ2v) is 4.94. The number of nitrogens with zero attached hydrogens (tertiary/aromatic N) is 2. The van der Waals surface area contributed by atoms with Gasteiger partial charge in [0.1, 0.15) is 5.82 Å². The summed E-state index contributed by atoms with van der Waals surface area (Å²) in [6.07, 6.45) is 4.45. The minimum Gasteiger partial charge on any atom is -0.311 e. The summed E-state index contributed by atoms with van der Waals surface area (Å²) in [6, 6.07) is 0. The highest BCUT2D eigenvalue weighted by atomic mass is 15.0. The van der Waals surface area contributed by atoms with Gasteiger partial charge in [0.15, 0.2) is 0 Å². The van der Waals surface area contributed by atoms with Crippen LogP contribution in [0.1, 0.15) is 62.3 Å². The van der Waals surface area contributed by atoms with Crippen LogP contribution in [0.2, 0.25) is 0 Å². The molecule has 0 aromatic carbocycles. The Labute approximate surface area is 104 Å². The van der Waals surface area contributed by atoms with Crippen molar-refractivity contribution in [2.45, 2.75) is 58.9 Å². The zero-order valence-electron chi connectivity index (χ0n) is 11.2. The standard InChI is InChI=1S/C14H23N3/c1-4-6-12-11-7-8-15-9-13(11)17-14(16-12)10(3)5-2/h10,15H,4-9H2,1-3H3. The van der Waals surface area contributed by atoms with Gasteiger partial charge in [-0.3, -0.25) is 0 Å². The topological polar surface area (TPSA) is 37.8 Å². The second kappa shape index (κ2) is 5.58. The Bertz CT molecular complexity index is 387. The van der Waals surface area contributed by atoms with E-state index in [1.165, 1.54) is 17.0 Å². The first kappa shape index (κ1) is 12.5. The summed E-state index contributed by atoms with van der Waals surface area (Å²) in [4.78, 5) is 9.56. The summed E-state index contributed by atoms with van der Waals surface area (Å²) in [6.45, 7) is 8.62. The highest BCUT2D eigenvalue weighted by Crippen LogP contribution is 2.21. The average molecular weight is 233 g/mol. The largest absolute Gasteiger partial charge is 0.311 e. The summed E-state index contributed by atoms with van der Waals surface area (Å²) in [7, 11) is 0. The lowest BCUT2D eigenvalue weighted by atomic mass is 10.00. The molecule has 2 heterocycles. The fourth-order valence-corrected chi connectivity index (χ4v) is 2.30. The molecular formula is C14H23N3. The van der Waals surface area contributed by atoms with E-state index >= 15 is 0 Å². The van der Waals surface area contributed by atoms with E-state index < -0.39 is 0 Å². The van der Waals surface area contributed by atoms with Crippen molar-refractivity contribution in [3.63, 3.8) is 0 Å². The number of rotatable bonds is 4. The quantitative estimate of drug-likeness (QED) is 0.868. The van der Waals surface area contributed by atoms with Crippen molar-refractivity contribution in [3.05, 3.63) is 22.8 Å². The minimum atomic E-state index is 0.470. The third kappa shape index (κ3) is 2.65. The molecule has 3 nitrogen and oxygen atoms in total.